The first-order chi connectivity index (χ1) is 8.07. The highest BCUT2D eigenvalue weighted by Gasteiger charge is 2.41. The van der Waals surface area contributed by atoms with Crippen molar-refractivity contribution >= 4 is 27.5 Å². The van der Waals surface area contributed by atoms with E-state index in [1.807, 2.05) is 0 Å². The summed E-state index contributed by atoms with van der Waals surface area (Å²) in [7, 11) is 0. The van der Waals surface area contributed by atoms with Gasteiger partial charge in [0.15, 0.2) is 0 Å². The zero-order valence-corrected chi connectivity index (χ0v) is 12.0. The lowest BCUT2D eigenvalue weighted by Crippen LogP contribution is -2.33. The van der Waals surface area contributed by atoms with Crippen LogP contribution in [0.25, 0.3) is 0 Å². The summed E-state index contributed by atoms with van der Waals surface area (Å²) >= 11 is 9.30. The Kier molecular flexibility index (Phi) is 4.11. The van der Waals surface area contributed by atoms with Gasteiger partial charge in [0.2, 0.25) is 0 Å². The standard InChI is InChI=1S/C13H15BrClFO/c1-9-13(8-14,4-5-17-9)7-10-2-3-11(15)6-12(10)16/h2-3,6,9H,4-5,7-8H2,1H3. The first-order valence-electron chi connectivity index (χ1n) is 5.69. The van der Waals surface area contributed by atoms with Crippen molar-refractivity contribution < 1.29 is 9.13 Å². The van der Waals surface area contributed by atoms with Crippen LogP contribution < -0.4 is 0 Å². The smallest absolute Gasteiger partial charge is 0.127 e. The molecule has 1 aromatic rings. The minimum Gasteiger partial charge on any atom is -0.378 e. The quantitative estimate of drug-likeness (QED) is 0.758. The minimum atomic E-state index is -0.225. The molecule has 1 saturated heterocycles. The molecule has 0 bridgehead atoms. The summed E-state index contributed by atoms with van der Waals surface area (Å²) in [4.78, 5) is 0. The predicted molar refractivity (Wildman–Crippen MR) is 71.4 cm³/mol. The highest BCUT2D eigenvalue weighted by molar-refractivity contribution is 9.09. The minimum absolute atomic E-state index is 0.00529. The zero-order valence-electron chi connectivity index (χ0n) is 9.68. The molecule has 1 aliphatic rings. The van der Waals surface area contributed by atoms with E-state index in [-0.39, 0.29) is 17.3 Å². The number of ether oxygens (including phenoxy) is 1. The van der Waals surface area contributed by atoms with Gasteiger partial charge < -0.3 is 4.74 Å². The van der Waals surface area contributed by atoms with Gasteiger partial charge in [-0.2, -0.15) is 0 Å². The lowest BCUT2D eigenvalue weighted by Gasteiger charge is -2.30. The molecule has 94 valence electrons. The van der Waals surface area contributed by atoms with Crippen LogP contribution in [0.2, 0.25) is 5.02 Å². The van der Waals surface area contributed by atoms with Gasteiger partial charge in [0.1, 0.15) is 5.82 Å². The molecule has 17 heavy (non-hydrogen) atoms. The fourth-order valence-corrected chi connectivity index (χ4v) is 3.41. The number of benzene rings is 1. The molecule has 1 aromatic carbocycles. The first-order valence-corrected chi connectivity index (χ1v) is 7.19. The summed E-state index contributed by atoms with van der Waals surface area (Å²) in [5.74, 6) is -0.225. The Hall–Kier alpha value is -0.120. The van der Waals surface area contributed by atoms with Crippen LogP contribution in [0.15, 0.2) is 18.2 Å². The van der Waals surface area contributed by atoms with Gasteiger partial charge in [-0.3, -0.25) is 0 Å². The number of halogens is 3. The Morgan fingerprint density at radius 3 is 2.88 bits per heavy atom. The maximum Gasteiger partial charge on any atom is 0.127 e. The van der Waals surface area contributed by atoms with Crippen LogP contribution in [-0.4, -0.2) is 18.0 Å². The van der Waals surface area contributed by atoms with Crippen LogP contribution in [-0.2, 0) is 11.2 Å². The van der Waals surface area contributed by atoms with Gasteiger partial charge in [-0.15, -0.1) is 0 Å². The van der Waals surface area contributed by atoms with Gasteiger partial charge in [0.25, 0.3) is 0 Å². The van der Waals surface area contributed by atoms with Crippen molar-refractivity contribution in [1.82, 2.24) is 0 Å². The Morgan fingerprint density at radius 1 is 1.59 bits per heavy atom. The van der Waals surface area contributed by atoms with E-state index >= 15 is 0 Å². The van der Waals surface area contributed by atoms with Gasteiger partial charge in [-0.1, -0.05) is 33.6 Å². The van der Waals surface area contributed by atoms with Gasteiger partial charge in [0.05, 0.1) is 6.10 Å². The molecule has 0 saturated carbocycles. The molecule has 0 N–H and O–H groups in total. The van der Waals surface area contributed by atoms with E-state index in [0.717, 1.165) is 18.4 Å². The van der Waals surface area contributed by atoms with E-state index in [0.29, 0.717) is 17.0 Å². The molecule has 1 heterocycles. The molecule has 4 heteroatoms. The van der Waals surface area contributed by atoms with Crippen LogP contribution in [0.3, 0.4) is 0 Å². The summed E-state index contributed by atoms with van der Waals surface area (Å²) in [5, 5.41) is 1.26. The molecule has 2 rings (SSSR count). The molecule has 2 unspecified atom stereocenters. The molecular formula is C13H15BrClFO. The van der Waals surface area contributed by atoms with Crippen molar-refractivity contribution in [2.24, 2.45) is 5.41 Å². The number of hydrogen-bond donors (Lipinski definition) is 0. The number of alkyl halides is 1. The van der Waals surface area contributed by atoms with Crippen LogP contribution in [0.4, 0.5) is 4.39 Å². The molecule has 2 atom stereocenters. The van der Waals surface area contributed by atoms with Gasteiger partial charge >= 0.3 is 0 Å². The molecule has 1 aliphatic heterocycles. The third-order valence-electron chi connectivity index (χ3n) is 3.65. The molecule has 0 aromatic heterocycles. The predicted octanol–water partition coefficient (Wildman–Crippen LogP) is 4.21. The van der Waals surface area contributed by atoms with Gasteiger partial charge in [-0.05, 0) is 37.5 Å². The molecule has 1 nitrogen and oxygen atoms in total. The van der Waals surface area contributed by atoms with Crippen molar-refractivity contribution in [2.75, 3.05) is 11.9 Å². The Morgan fingerprint density at radius 2 is 2.35 bits per heavy atom. The monoisotopic (exact) mass is 320 g/mol. The Bertz CT molecular complexity index is 412. The second-order valence-corrected chi connectivity index (χ2v) is 5.67. The number of hydrogen-bond acceptors (Lipinski definition) is 1. The molecule has 0 spiro atoms. The van der Waals surface area contributed by atoms with Crippen molar-refractivity contribution in [3.63, 3.8) is 0 Å². The molecule has 0 amide bonds. The maximum absolute atomic E-state index is 13.8. The van der Waals surface area contributed by atoms with E-state index in [2.05, 4.69) is 22.9 Å². The van der Waals surface area contributed by atoms with E-state index in [1.54, 1.807) is 12.1 Å². The van der Waals surface area contributed by atoms with Crippen molar-refractivity contribution in [2.45, 2.75) is 25.9 Å². The van der Waals surface area contributed by atoms with Crippen LogP contribution in [0.1, 0.15) is 18.9 Å². The van der Waals surface area contributed by atoms with E-state index in [1.165, 1.54) is 6.07 Å². The van der Waals surface area contributed by atoms with Crippen molar-refractivity contribution in [3.8, 4) is 0 Å². The summed E-state index contributed by atoms with van der Waals surface area (Å²) in [6.45, 7) is 2.81. The van der Waals surface area contributed by atoms with Crippen LogP contribution >= 0.6 is 27.5 Å². The lowest BCUT2D eigenvalue weighted by atomic mass is 9.78. The van der Waals surface area contributed by atoms with Gasteiger partial charge in [0, 0.05) is 22.4 Å². The van der Waals surface area contributed by atoms with Crippen LogP contribution in [0.5, 0.6) is 0 Å². The Labute approximate surface area is 114 Å². The molecule has 0 aliphatic carbocycles. The Balaban J connectivity index is 2.24. The third-order valence-corrected chi connectivity index (χ3v) is 5.01. The fraction of sp³-hybridized carbons (Fsp3) is 0.538. The van der Waals surface area contributed by atoms with Crippen LogP contribution in [0, 0.1) is 11.2 Å². The summed E-state index contributed by atoms with van der Waals surface area (Å²) < 4.78 is 19.4. The second-order valence-electron chi connectivity index (χ2n) is 4.67. The van der Waals surface area contributed by atoms with E-state index in [9.17, 15) is 4.39 Å². The van der Waals surface area contributed by atoms with E-state index in [4.69, 9.17) is 16.3 Å². The summed E-state index contributed by atoms with van der Waals surface area (Å²) in [6.07, 6.45) is 1.79. The molecular weight excluding hydrogens is 306 g/mol. The normalized spacial score (nSPS) is 28.6. The lowest BCUT2D eigenvalue weighted by molar-refractivity contribution is 0.0743. The average molecular weight is 322 g/mol. The van der Waals surface area contributed by atoms with Gasteiger partial charge in [-0.25, -0.2) is 4.39 Å². The first kappa shape index (κ1) is 13.3. The summed E-state index contributed by atoms with van der Waals surface area (Å²) in [5.41, 5.74) is 0.709. The van der Waals surface area contributed by atoms with Crippen molar-refractivity contribution in [1.29, 1.82) is 0 Å². The largest absolute Gasteiger partial charge is 0.378 e. The maximum atomic E-state index is 13.8. The zero-order chi connectivity index (χ0) is 12.5. The SMILES string of the molecule is CC1OCCC1(CBr)Cc1ccc(Cl)cc1F. The highest BCUT2D eigenvalue weighted by Crippen LogP contribution is 2.40. The average Bonchev–Trinajstić information content (AvgIpc) is 2.65. The van der Waals surface area contributed by atoms with E-state index < -0.39 is 0 Å². The fourth-order valence-electron chi connectivity index (χ4n) is 2.32. The topological polar surface area (TPSA) is 9.23 Å². The number of rotatable bonds is 3. The second kappa shape index (κ2) is 5.25. The molecule has 1 fully saturated rings. The van der Waals surface area contributed by atoms with Crippen molar-refractivity contribution in [3.05, 3.63) is 34.6 Å². The summed E-state index contributed by atoms with van der Waals surface area (Å²) in [6, 6.07) is 4.88. The third kappa shape index (κ3) is 2.67. The molecule has 0 radical (unpaired) electrons. The highest BCUT2D eigenvalue weighted by atomic mass is 79.9.